The normalized spacial score (nSPS) is 12.2. The van der Waals surface area contributed by atoms with Crippen LogP contribution in [-0.2, 0) is 11.3 Å². The van der Waals surface area contributed by atoms with Crippen molar-refractivity contribution >= 4 is 5.91 Å². The van der Waals surface area contributed by atoms with E-state index in [4.69, 9.17) is 0 Å². The summed E-state index contributed by atoms with van der Waals surface area (Å²) in [6, 6.07) is 1.82. The van der Waals surface area contributed by atoms with E-state index >= 15 is 0 Å². The molecule has 1 unspecified atom stereocenters. The molecule has 1 amide bonds. The van der Waals surface area contributed by atoms with Crippen molar-refractivity contribution in [2.75, 3.05) is 13.1 Å². The van der Waals surface area contributed by atoms with Gasteiger partial charge in [0, 0.05) is 32.0 Å². The summed E-state index contributed by atoms with van der Waals surface area (Å²) < 4.78 is 0. The summed E-state index contributed by atoms with van der Waals surface area (Å²) >= 11 is 0. The van der Waals surface area contributed by atoms with Crippen molar-refractivity contribution < 1.29 is 4.79 Å². The van der Waals surface area contributed by atoms with E-state index in [2.05, 4.69) is 17.2 Å². The van der Waals surface area contributed by atoms with E-state index in [1.165, 1.54) is 5.56 Å². The van der Waals surface area contributed by atoms with Crippen LogP contribution in [0, 0.1) is 6.92 Å². The molecule has 0 saturated heterocycles. The van der Waals surface area contributed by atoms with E-state index in [1.807, 2.05) is 37.9 Å². The van der Waals surface area contributed by atoms with Crippen LogP contribution in [0.25, 0.3) is 0 Å². The zero-order valence-electron chi connectivity index (χ0n) is 11.7. The number of likely N-dealkylation sites (N-methyl/N-ethyl adjacent to an activating group) is 1. The standard InChI is InChI=1S/C14H23N3O/c1-5-17(6-2)14(18)12(4)16-10-13-9-15-8-7-11(13)3/h7-9,12,16H,5-6,10H2,1-4H3. The number of aromatic nitrogens is 1. The number of aryl methyl sites for hydroxylation is 1. The molecule has 0 spiro atoms. The molecule has 18 heavy (non-hydrogen) atoms. The van der Waals surface area contributed by atoms with Crippen molar-refractivity contribution in [1.82, 2.24) is 15.2 Å². The van der Waals surface area contributed by atoms with Gasteiger partial charge >= 0.3 is 0 Å². The number of hydrogen-bond acceptors (Lipinski definition) is 3. The van der Waals surface area contributed by atoms with Crippen LogP contribution in [0.4, 0.5) is 0 Å². The molecule has 0 aliphatic carbocycles. The SMILES string of the molecule is CCN(CC)C(=O)C(C)NCc1cnccc1C. The molecule has 0 bridgehead atoms. The van der Waals surface area contributed by atoms with Crippen molar-refractivity contribution in [3.05, 3.63) is 29.6 Å². The summed E-state index contributed by atoms with van der Waals surface area (Å²) in [7, 11) is 0. The van der Waals surface area contributed by atoms with Gasteiger partial charge < -0.3 is 10.2 Å². The molecule has 1 N–H and O–H groups in total. The minimum absolute atomic E-state index is 0.154. The lowest BCUT2D eigenvalue weighted by Crippen LogP contribution is -2.44. The first-order chi connectivity index (χ1) is 8.60. The van der Waals surface area contributed by atoms with Crippen molar-refractivity contribution in [3.63, 3.8) is 0 Å². The van der Waals surface area contributed by atoms with Crippen LogP contribution >= 0.6 is 0 Å². The molecule has 1 rings (SSSR count). The molecule has 0 aliphatic heterocycles. The molecule has 0 aromatic carbocycles. The Morgan fingerprint density at radius 3 is 2.67 bits per heavy atom. The van der Waals surface area contributed by atoms with Gasteiger partial charge in [-0.05, 0) is 44.9 Å². The highest BCUT2D eigenvalue weighted by molar-refractivity contribution is 5.81. The van der Waals surface area contributed by atoms with Crippen LogP contribution in [0.3, 0.4) is 0 Å². The second-order valence-electron chi connectivity index (χ2n) is 4.42. The quantitative estimate of drug-likeness (QED) is 0.835. The summed E-state index contributed by atoms with van der Waals surface area (Å²) in [4.78, 5) is 18.0. The van der Waals surface area contributed by atoms with Crippen LogP contribution in [0.1, 0.15) is 31.9 Å². The maximum atomic E-state index is 12.1. The summed E-state index contributed by atoms with van der Waals surface area (Å²) in [6.45, 7) is 10.1. The number of nitrogens with one attached hydrogen (secondary N) is 1. The van der Waals surface area contributed by atoms with Crippen LogP contribution < -0.4 is 5.32 Å². The van der Waals surface area contributed by atoms with Gasteiger partial charge in [-0.2, -0.15) is 0 Å². The van der Waals surface area contributed by atoms with Crippen LogP contribution in [0.2, 0.25) is 0 Å². The highest BCUT2D eigenvalue weighted by Gasteiger charge is 2.17. The predicted molar refractivity (Wildman–Crippen MR) is 73.2 cm³/mol. The molecule has 4 heteroatoms. The van der Waals surface area contributed by atoms with Gasteiger partial charge in [0.2, 0.25) is 5.91 Å². The van der Waals surface area contributed by atoms with Gasteiger partial charge in [-0.15, -0.1) is 0 Å². The third-order valence-electron chi connectivity index (χ3n) is 3.19. The average Bonchev–Trinajstić information content (AvgIpc) is 2.38. The van der Waals surface area contributed by atoms with Crippen molar-refractivity contribution in [3.8, 4) is 0 Å². The summed E-state index contributed by atoms with van der Waals surface area (Å²) in [5.41, 5.74) is 2.33. The number of amides is 1. The summed E-state index contributed by atoms with van der Waals surface area (Å²) in [5, 5.41) is 3.26. The molecule has 4 nitrogen and oxygen atoms in total. The summed E-state index contributed by atoms with van der Waals surface area (Å²) in [5.74, 6) is 0.154. The van der Waals surface area contributed by atoms with E-state index < -0.39 is 0 Å². The Morgan fingerprint density at radius 2 is 2.11 bits per heavy atom. The van der Waals surface area contributed by atoms with Crippen LogP contribution in [0.5, 0.6) is 0 Å². The average molecular weight is 249 g/mol. The fourth-order valence-electron chi connectivity index (χ4n) is 1.84. The molecular weight excluding hydrogens is 226 g/mol. The Bertz CT molecular complexity index is 388. The Morgan fingerprint density at radius 1 is 1.44 bits per heavy atom. The zero-order valence-corrected chi connectivity index (χ0v) is 11.7. The fraction of sp³-hybridized carbons (Fsp3) is 0.571. The number of rotatable bonds is 6. The minimum Gasteiger partial charge on any atom is -0.342 e. The van der Waals surface area contributed by atoms with Crippen molar-refractivity contribution in [1.29, 1.82) is 0 Å². The highest BCUT2D eigenvalue weighted by Crippen LogP contribution is 2.05. The fourth-order valence-corrected chi connectivity index (χ4v) is 1.84. The van der Waals surface area contributed by atoms with E-state index in [-0.39, 0.29) is 11.9 Å². The second kappa shape index (κ2) is 7.11. The lowest BCUT2D eigenvalue weighted by molar-refractivity contribution is -0.132. The molecule has 1 aromatic heterocycles. The Kier molecular flexibility index (Phi) is 5.78. The topological polar surface area (TPSA) is 45.2 Å². The Labute approximate surface area is 109 Å². The minimum atomic E-state index is -0.162. The summed E-state index contributed by atoms with van der Waals surface area (Å²) in [6.07, 6.45) is 3.63. The maximum absolute atomic E-state index is 12.1. The van der Waals surface area contributed by atoms with Crippen LogP contribution in [0.15, 0.2) is 18.5 Å². The maximum Gasteiger partial charge on any atom is 0.239 e. The number of hydrogen-bond donors (Lipinski definition) is 1. The first-order valence-electron chi connectivity index (χ1n) is 6.51. The van der Waals surface area contributed by atoms with Gasteiger partial charge in [0.15, 0.2) is 0 Å². The van der Waals surface area contributed by atoms with E-state index in [0.717, 1.165) is 18.7 Å². The van der Waals surface area contributed by atoms with Gasteiger partial charge in [0.25, 0.3) is 0 Å². The first kappa shape index (κ1) is 14.6. The molecule has 0 fully saturated rings. The number of pyridine rings is 1. The third-order valence-corrected chi connectivity index (χ3v) is 3.19. The van der Waals surface area contributed by atoms with Crippen LogP contribution in [-0.4, -0.2) is 34.9 Å². The smallest absolute Gasteiger partial charge is 0.239 e. The number of carbonyl (C=O) groups is 1. The van der Waals surface area contributed by atoms with Gasteiger partial charge in [-0.3, -0.25) is 9.78 Å². The molecule has 1 atom stereocenters. The molecule has 100 valence electrons. The highest BCUT2D eigenvalue weighted by atomic mass is 16.2. The van der Waals surface area contributed by atoms with Gasteiger partial charge in [-0.1, -0.05) is 0 Å². The van der Waals surface area contributed by atoms with Crippen molar-refractivity contribution in [2.45, 2.75) is 40.3 Å². The van der Waals surface area contributed by atoms with E-state index in [0.29, 0.717) is 6.54 Å². The molecule has 0 radical (unpaired) electrons. The van der Waals surface area contributed by atoms with Gasteiger partial charge in [-0.25, -0.2) is 0 Å². The van der Waals surface area contributed by atoms with E-state index in [1.54, 1.807) is 6.20 Å². The Hall–Kier alpha value is -1.42. The lowest BCUT2D eigenvalue weighted by Gasteiger charge is -2.23. The Balaban J connectivity index is 2.53. The largest absolute Gasteiger partial charge is 0.342 e. The monoisotopic (exact) mass is 249 g/mol. The lowest BCUT2D eigenvalue weighted by atomic mass is 10.1. The van der Waals surface area contributed by atoms with Gasteiger partial charge in [0.1, 0.15) is 0 Å². The molecular formula is C14H23N3O. The first-order valence-corrected chi connectivity index (χ1v) is 6.51. The zero-order chi connectivity index (χ0) is 13.5. The molecule has 1 aromatic rings. The third kappa shape index (κ3) is 3.81. The molecule has 0 aliphatic rings. The van der Waals surface area contributed by atoms with E-state index in [9.17, 15) is 4.79 Å². The number of carbonyl (C=O) groups excluding carboxylic acids is 1. The number of nitrogens with zero attached hydrogens (tertiary/aromatic N) is 2. The molecule has 1 heterocycles. The predicted octanol–water partition coefficient (Wildman–Crippen LogP) is 1.74. The van der Waals surface area contributed by atoms with Gasteiger partial charge in [0.05, 0.1) is 6.04 Å². The van der Waals surface area contributed by atoms with Crippen molar-refractivity contribution in [2.24, 2.45) is 0 Å². The second-order valence-corrected chi connectivity index (χ2v) is 4.42. The molecule has 0 saturated carbocycles.